The van der Waals surface area contributed by atoms with Crippen molar-refractivity contribution in [3.63, 3.8) is 0 Å². The van der Waals surface area contributed by atoms with Crippen LogP contribution in [-0.4, -0.2) is 77.0 Å². The lowest BCUT2D eigenvalue weighted by Gasteiger charge is -2.26. The van der Waals surface area contributed by atoms with Gasteiger partial charge in [0.25, 0.3) is 0 Å². The molecule has 2 aliphatic rings. The van der Waals surface area contributed by atoms with Gasteiger partial charge in [-0.2, -0.15) is 0 Å². The molecule has 36 heavy (non-hydrogen) atoms. The van der Waals surface area contributed by atoms with E-state index in [-0.39, 0.29) is 24.1 Å². The van der Waals surface area contributed by atoms with Crippen LogP contribution in [0, 0.1) is 5.82 Å². The van der Waals surface area contributed by atoms with Crippen LogP contribution in [0.4, 0.5) is 10.1 Å². The van der Waals surface area contributed by atoms with Crippen LogP contribution in [0.2, 0.25) is 5.02 Å². The molecule has 2 atom stereocenters. The number of aromatic nitrogens is 1. The summed E-state index contributed by atoms with van der Waals surface area (Å²) in [4.78, 5) is 26.0. The molecule has 0 spiro atoms. The van der Waals surface area contributed by atoms with Crippen LogP contribution in [0.25, 0.3) is 0 Å². The molecule has 194 valence electrons. The van der Waals surface area contributed by atoms with Crippen LogP contribution in [0.5, 0.6) is 5.75 Å². The van der Waals surface area contributed by atoms with Gasteiger partial charge in [-0.1, -0.05) is 25.4 Å². The fourth-order valence-electron chi connectivity index (χ4n) is 4.59. The fourth-order valence-corrected chi connectivity index (χ4v) is 4.76. The Balaban J connectivity index is 1.36. The van der Waals surface area contributed by atoms with Gasteiger partial charge in [-0.25, -0.2) is 9.38 Å². The first-order chi connectivity index (χ1) is 17.4. The van der Waals surface area contributed by atoms with Gasteiger partial charge in [0.1, 0.15) is 24.0 Å². The maximum Gasteiger partial charge on any atom is 0.236 e. The summed E-state index contributed by atoms with van der Waals surface area (Å²) in [5.74, 6) is 0.298. The number of amides is 1. The Hall–Kier alpha value is -2.79. The number of halogens is 2. The summed E-state index contributed by atoms with van der Waals surface area (Å²) in [6.07, 6.45) is 1.61. The van der Waals surface area contributed by atoms with Crippen LogP contribution in [0.1, 0.15) is 37.8 Å². The van der Waals surface area contributed by atoms with E-state index in [2.05, 4.69) is 39.4 Å². The van der Waals surface area contributed by atoms with Crippen molar-refractivity contribution in [2.24, 2.45) is 4.99 Å². The summed E-state index contributed by atoms with van der Waals surface area (Å²) in [5, 5.41) is 16.6. The van der Waals surface area contributed by atoms with Gasteiger partial charge in [0.2, 0.25) is 5.91 Å². The quantitative estimate of drug-likeness (QED) is 0.444. The van der Waals surface area contributed by atoms with Crippen molar-refractivity contribution in [1.29, 1.82) is 0 Å². The standard InChI is InChI=1S/C25H32ClFN6O3/c1-3-32(4-2)16-8-10-33(14-16)23(34)13-28-12-21-24-18(7-9-29-21)25(35)31-22(30-24)15-36-17-5-6-20(27)19(26)11-17/h5-7,9,11,16,25,28,35H,3-4,8,10,12-15H2,1-2H3,(H,30,31). The summed E-state index contributed by atoms with van der Waals surface area (Å²) in [6.45, 7) is 8.32. The molecule has 0 bridgehead atoms. The zero-order chi connectivity index (χ0) is 25.7. The molecule has 4 rings (SSSR count). The lowest BCUT2D eigenvalue weighted by atomic mass is 10.1. The van der Waals surface area contributed by atoms with E-state index in [1.807, 2.05) is 4.90 Å². The molecule has 1 aromatic carbocycles. The molecular formula is C25H32ClFN6O3. The molecule has 2 aliphatic heterocycles. The average Bonchev–Trinajstić information content (AvgIpc) is 3.36. The Labute approximate surface area is 215 Å². The van der Waals surface area contributed by atoms with Gasteiger partial charge in [-0.15, -0.1) is 0 Å². The van der Waals surface area contributed by atoms with Crippen LogP contribution < -0.4 is 15.4 Å². The van der Waals surface area contributed by atoms with Gasteiger partial charge in [-0.05, 0) is 37.7 Å². The minimum absolute atomic E-state index is 0.0153. The second-order valence-corrected chi connectivity index (χ2v) is 9.18. The van der Waals surface area contributed by atoms with E-state index in [4.69, 9.17) is 16.3 Å². The lowest BCUT2D eigenvalue weighted by Crippen LogP contribution is -2.41. The van der Waals surface area contributed by atoms with Crippen molar-refractivity contribution < 1.29 is 19.0 Å². The van der Waals surface area contributed by atoms with E-state index in [1.54, 1.807) is 12.3 Å². The second kappa shape index (κ2) is 12.0. The summed E-state index contributed by atoms with van der Waals surface area (Å²) >= 11 is 5.81. The average molecular weight is 519 g/mol. The van der Waals surface area contributed by atoms with Crippen LogP contribution in [0.15, 0.2) is 35.5 Å². The van der Waals surface area contributed by atoms with Gasteiger partial charge in [0, 0.05) is 43.5 Å². The highest BCUT2D eigenvalue weighted by molar-refractivity contribution is 6.30. The SMILES string of the molecule is CCN(CC)C1CCN(C(=O)CNCc2nccc3c2N=C(COc2ccc(F)c(Cl)c2)NC3O)C1. The number of likely N-dealkylation sites (N-methyl/N-ethyl adjacent to an activating group) is 1. The molecule has 0 aliphatic carbocycles. The van der Waals surface area contributed by atoms with Crippen molar-refractivity contribution in [1.82, 2.24) is 25.4 Å². The van der Waals surface area contributed by atoms with E-state index < -0.39 is 12.0 Å². The third kappa shape index (κ3) is 6.12. The highest BCUT2D eigenvalue weighted by Gasteiger charge is 2.29. The van der Waals surface area contributed by atoms with Gasteiger partial charge in [-0.3, -0.25) is 14.7 Å². The molecule has 0 radical (unpaired) electrons. The van der Waals surface area contributed by atoms with Crippen molar-refractivity contribution in [3.8, 4) is 5.75 Å². The number of carbonyl (C=O) groups is 1. The molecule has 9 nitrogen and oxygen atoms in total. The number of rotatable bonds is 10. The Morgan fingerprint density at radius 3 is 2.92 bits per heavy atom. The first-order valence-corrected chi connectivity index (χ1v) is 12.6. The molecular weight excluding hydrogens is 487 g/mol. The van der Waals surface area contributed by atoms with E-state index in [9.17, 15) is 14.3 Å². The molecule has 3 N–H and O–H groups in total. The number of carbonyl (C=O) groups excluding carboxylic acids is 1. The zero-order valence-corrected chi connectivity index (χ0v) is 21.3. The van der Waals surface area contributed by atoms with Gasteiger partial charge >= 0.3 is 0 Å². The summed E-state index contributed by atoms with van der Waals surface area (Å²) < 4.78 is 19.0. The largest absolute Gasteiger partial charge is 0.486 e. The number of pyridine rings is 1. The van der Waals surface area contributed by atoms with Gasteiger partial charge in [0.15, 0.2) is 6.23 Å². The number of aliphatic hydroxyl groups excluding tert-OH is 1. The van der Waals surface area contributed by atoms with Crippen LogP contribution >= 0.6 is 11.6 Å². The normalized spacial score (nSPS) is 19.2. The Kier molecular flexibility index (Phi) is 8.73. The van der Waals surface area contributed by atoms with E-state index in [1.165, 1.54) is 18.2 Å². The molecule has 11 heteroatoms. The smallest absolute Gasteiger partial charge is 0.236 e. The fraction of sp³-hybridized carbons (Fsp3) is 0.480. The number of nitrogens with one attached hydrogen (secondary N) is 2. The number of nitrogens with zero attached hydrogens (tertiary/aromatic N) is 4. The molecule has 1 amide bonds. The minimum atomic E-state index is -0.988. The van der Waals surface area contributed by atoms with Crippen molar-refractivity contribution in [3.05, 3.63) is 52.6 Å². The zero-order valence-electron chi connectivity index (χ0n) is 20.5. The monoisotopic (exact) mass is 518 g/mol. The number of aliphatic hydroxyl groups is 1. The predicted octanol–water partition coefficient (Wildman–Crippen LogP) is 2.61. The lowest BCUT2D eigenvalue weighted by molar-refractivity contribution is -0.129. The Morgan fingerprint density at radius 1 is 1.36 bits per heavy atom. The van der Waals surface area contributed by atoms with Crippen molar-refractivity contribution >= 4 is 29.0 Å². The third-order valence-electron chi connectivity index (χ3n) is 6.56. The Morgan fingerprint density at radius 2 is 2.17 bits per heavy atom. The second-order valence-electron chi connectivity index (χ2n) is 8.77. The minimum Gasteiger partial charge on any atom is -0.486 e. The van der Waals surface area contributed by atoms with E-state index in [0.29, 0.717) is 41.1 Å². The maximum atomic E-state index is 13.4. The summed E-state index contributed by atoms with van der Waals surface area (Å²) in [6, 6.07) is 6.18. The first-order valence-electron chi connectivity index (χ1n) is 12.2. The number of amidine groups is 1. The molecule has 2 unspecified atom stereocenters. The number of aliphatic imine (C=N–C) groups is 1. The first kappa shape index (κ1) is 26.3. The van der Waals surface area contributed by atoms with Crippen molar-refractivity contribution in [2.75, 3.05) is 39.3 Å². The molecule has 2 aromatic rings. The molecule has 0 saturated carbocycles. The number of fused-ring (bicyclic) bond motifs is 1. The predicted molar refractivity (Wildman–Crippen MR) is 136 cm³/mol. The number of hydrogen-bond donors (Lipinski definition) is 3. The highest BCUT2D eigenvalue weighted by Crippen LogP contribution is 2.30. The van der Waals surface area contributed by atoms with Gasteiger partial charge < -0.3 is 25.4 Å². The van der Waals surface area contributed by atoms with Crippen LogP contribution in [0.3, 0.4) is 0 Å². The summed E-state index contributed by atoms with van der Waals surface area (Å²) in [5.41, 5.74) is 1.73. The molecule has 3 heterocycles. The molecule has 1 aromatic heterocycles. The number of benzene rings is 1. The number of ether oxygens (including phenoxy) is 1. The van der Waals surface area contributed by atoms with E-state index in [0.717, 1.165) is 32.6 Å². The highest BCUT2D eigenvalue weighted by atomic mass is 35.5. The van der Waals surface area contributed by atoms with E-state index >= 15 is 0 Å². The number of likely N-dealkylation sites (tertiary alicyclic amines) is 1. The topological polar surface area (TPSA) is 102 Å². The maximum absolute atomic E-state index is 13.4. The molecule has 1 fully saturated rings. The third-order valence-corrected chi connectivity index (χ3v) is 6.85. The van der Waals surface area contributed by atoms with Crippen LogP contribution in [-0.2, 0) is 11.3 Å². The van der Waals surface area contributed by atoms with Crippen molar-refractivity contribution in [2.45, 2.75) is 39.1 Å². The Bertz CT molecular complexity index is 1110. The number of hydrogen-bond acceptors (Lipinski definition) is 8. The van der Waals surface area contributed by atoms with Gasteiger partial charge in [0.05, 0.1) is 22.9 Å². The summed E-state index contributed by atoms with van der Waals surface area (Å²) in [7, 11) is 0. The molecule has 1 saturated heterocycles.